The van der Waals surface area contributed by atoms with E-state index in [-0.39, 0.29) is 11.4 Å². The maximum atomic E-state index is 6.84. The monoisotopic (exact) mass is 160 g/mol. The molecule has 0 atom stereocenters. The van der Waals surface area contributed by atoms with Crippen molar-refractivity contribution in [2.24, 2.45) is 0 Å². The first-order valence-electron chi connectivity index (χ1n) is 4.12. The molecule has 0 saturated carbocycles. The second-order valence-corrected chi connectivity index (χ2v) is 2.22. The summed E-state index contributed by atoms with van der Waals surface area (Å²) in [7, 11) is -2.48. The van der Waals surface area contributed by atoms with Crippen molar-refractivity contribution in [3.05, 3.63) is 23.2 Å². The summed E-state index contributed by atoms with van der Waals surface area (Å²) < 4.78 is 25.1. The lowest BCUT2D eigenvalue weighted by Gasteiger charge is -2.02. The molecule has 0 heterocycles. The fourth-order valence-corrected chi connectivity index (χ4v) is 0.793. The number of nitrogen functional groups attached to an aromatic ring is 1. The highest BCUT2D eigenvalue weighted by atomic mass is 35.5. The lowest BCUT2D eigenvalue weighted by atomic mass is 10.3. The number of rotatable bonds is 1. The smallest absolute Gasteiger partial charge is 0.141 e. The molecule has 0 radical (unpaired) electrons. The summed E-state index contributed by atoms with van der Waals surface area (Å²) >= 11 is 5.61. The highest BCUT2D eigenvalue weighted by Gasteiger charge is 1.96. The third kappa shape index (κ3) is 1.33. The van der Waals surface area contributed by atoms with Gasteiger partial charge in [0.05, 0.1) is 16.8 Å². The molecule has 0 aliphatic carbocycles. The number of nitrogens with two attached hydrogens (primary N) is 1. The van der Waals surface area contributed by atoms with Crippen LogP contribution in [0.4, 0.5) is 5.69 Å². The zero-order valence-corrected chi connectivity index (χ0v) is 5.85. The van der Waals surface area contributed by atoms with Crippen LogP contribution in [0.1, 0.15) is 4.11 Å². The molecule has 1 aromatic rings. The Hall–Kier alpha value is -0.890. The van der Waals surface area contributed by atoms with Gasteiger partial charge in [0.25, 0.3) is 0 Å². The van der Waals surface area contributed by atoms with Gasteiger partial charge in [-0.2, -0.15) is 0 Å². The quantitative estimate of drug-likeness (QED) is 0.638. The van der Waals surface area contributed by atoms with Gasteiger partial charge in [-0.1, -0.05) is 11.6 Å². The zero-order valence-electron chi connectivity index (χ0n) is 8.10. The Morgan fingerprint density at radius 2 is 2.50 bits per heavy atom. The van der Waals surface area contributed by atoms with Crippen LogP contribution in [0.5, 0.6) is 5.75 Å². The largest absolute Gasteiger partial charge is 0.495 e. The predicted octanol–water partition coefficient (Wildman–Crippen LogP) is 1.93. The Morgan fingerprint density at radius 3 is 3.10 bits per heavy atom. The Morgan fingerprint density at radius 1 is 1.70 bits per heavy atom. The van der Waals surface area contributed by atoms with Crippen LogP contribution < -0.4 is 10.5 Å². The van der Waals surface area contributed by atoms with Gasteiger partial charge in [0.1, 0.15) is 5.75 Å². The zero-order chi connectivity index (χ0) is 10.1. The van der Waals surface area contributed by atoms with E-state index in [0.29, 0.717) is 5.02 Å². The number of anilines is 1. The molecule has 0 aliphatic rings. The van der Waals surface area contributed by atoms with Gasteiger partial charge >= 0.3 is 0 Å². The van der Waals surface area contributed by atoms with Gasteiger partial charge in [-0.15, -0.1) is 0 Å². The van der Waals surface area contributed by atoms with E-state index >= 15 is 0 Å². The van der Waals surface area contributed by atoms with E-state index in [0.717, 1.165) is 0 Å². The summed E-state index contributed by atoms with van der Waals surface area (Å²) in [5.41, 5.74) is 5.68. The van der Waals surface area contributed by atoms with Gasteiger partial charge < -0.3 is 10.5 Å². The lowest BCUT2D eigenvalue weighted by Crippen LogP contribution is -1.90. The number of hydrogen-bond donors (Lipinski definition) is 1. The minimum atomic E-state index is -2.48. The highest BCUT2D eigenvalue weighted by molar-refractivity contribution is 6.30. The van der Waals surface area contributed by atoms with Gasteiger partial charge in [-0.25, -0.2) is 0 Å². The lowest BCUT2D eigenvalue weighted by molar-refractivity contribution is 0.417. The Labute approximate surface area is 68.8 Å². The second kappa shape index (κ2) is 2.80. The molecule has 0 spiro atoms. The Bertz CT molecular complexity index is 313. The van der Waals surface area contributed by atoms with Crippen LogP contribution >= 0.6 is 11.6 Å². The van der Waals surface area contributed by atoms with Gasteiger partial charge in [0, 0.05) is 5.02 Å². The molecule has 2 nitrogen and oxygen atoms in total. The molecule has 54 valence electrons. The number of halogens is 1. The molecule has 2 N–H and O–H groups in total. The molecule has 0 bridgehead atoms. The van der Waals surface area contributed by atoms with E-state index in [1.54, 1.807) is 0 Å². The SMILES string of the molecule is [2H]C([2H])([2H])Oc1ccc(Cl)cc1N. The average molecular weight is 161 g/mol. The molecule has 0 fully saturated rings. The molecule has 0 saturated heterocycles. The van der Waals surface area contributed by atoms with Gasteiger partial charge in [-0.05, 0) is 18.2 Å². The van der Waals surface area contributed by atoms with Crippen LogP contribution in [0.15, 0.2) is 18.2 Å². The van der Waals surface area contributed by atoms with Crippen molar-refractivity contribution in [2.75, 3.05) is 12.8 Å². The van der Waals surface area contributed by atoms with Crippen LogP contribution in [0, 0.1) is 0 Å². The number of ether oxygens (including phenoxy) is 1. The van der Waals surface area contributed by atoms with Crippen LogP contribution in [0.3, 0.4) is 0 Å². The fraction of sp³-hybridized carbons (Fsp3) is 0.143. The molecule has 1 rings (SSSR count). The first-order valence-corrected chi connectivity index (χ1v) is 3.00. The fourth-order valence-electron chi connectivity index (χ4n) is 0.612. The van der Waals surface area contributed by atoms with E-state index in [1.807, 2.05) is 0 Å². The van der Waals surface area contributed by atoms with E-state index < -0.39 is 7.04 Å². The summed E-state index contributed by atoms with van der Waals surface area (Å²) in [5.74, 6) is 0.115. The van der Waals surface area contributed by atoms with Crippen molar-refractivity contribution in [3.63, 3.8) is 0 Å². The molecule has 0 aromatic heterocycles. The van der Waals surface area contributed by atoms with Crippen molar-refractivity contribution in [1.82, 2.24) is 0 Å². The van der Waals surface area contributed by atoms with E-state index in [9.17, 15) is 0 Å². The Kier molecular flexibility index (Phi) is 1.14. The summed E-state index contributed by atoms with van der Waals surface area (Å²) in [6.07, 6.45) is 0. The molecule has 0 unspecified atom stereocenters. The standard InChI is InChI=1S/C7H8ClNO/c1-10-7-3-2-5(8)4-6(7)9/h2-4H,9H2,1H3/i1D3. The summed E-state index contributed by atoms with van der Waals surface area (Å²) in [5, 5.41) is 0.440. The molecular formula is C7H8ClNO. The van der Waals surface area contributed by atoms with Gasteiger partial charge in [0.15, 0.2) is 0 Å². The van der Waals surface area contributed by atoms with Crippen molar-refractivity contribution in [1.29, 1.82) is 0 Å². The molecule has 10 heavy (non-hydrogen) atoms. The van der Waals surface area contributed by atoms with Crippen molar-refractivity contribution in [3.8, 4) is 5.75 Å². The van der Waals surface area contributed by atoms with Gasteiger partial charge in [0.2, 0.25) is 0 Å². The molecule has 1 aromatic carbocycles. The Balaban J connectivity index is 2.90. The van der Waals surface area contributed by atoms with E-state index in [4.69, 9.17) is 21.4 Å². The summed E-state index contributed by atoms with van der Waals surface area (Å²) in [6, 6.07) is 4.37. The van der Waals surface area contributed by atoms with E-state index in [2.05, 4.69) is 4.74 Å². The van der Waals surface area contributed by atoms with Crippen molar-refractivity contribution in [2.45, 2.75) is 0 Å². The molecule has 0 aliphatic heterocycles. The molecular weight excluding hydrogens is 150 g/mol. The summed E-state index contributed by atoms with van der Waals surface area (Å²) in [6.45, 7) is 0. The first kappa shape index (κ1) is 4.09. The minimum Gasteiger partial charge on any atom is -0.495 e. The normalized spacial score (nSPS) is 15.1. The maximum Gasteiger partial charge on any atom is 0.141 e. The first-order chi connectivity index (χ1) is 5.88. The molecule has 0 amide bonds. The average Bonchev–Trinajstić information content (AvgIpc) is 1.93. The number of hydrogen-bond acceptors (Lipinski definition) is 2. The van der Waals surface area contributed by atoms with Crippen LogP contribution in [0.25, 0.3) is 0 Å². The second-order valence-electron chi connectivity index (χ2n) is 1.78. The highest BCUT2D eigenvalue weighted by Crippen LogP contribution is 2.23. The van der Waals surface area contributed by atoms with Gasteiger partial charge in [-0.3, -0.25) is 0 Å². The van der Waals surface area contributed by atoms with E-state index in [1.165, 1.54) is 18.2 Å². The van der Waals surface area contributed by atoms with Crippen LogP contribution in [-0.2, 0) is 0 Å². The minimum absolute atomic E-state index is 0.115. The summed E-state index contributed by atoms with van der Waals surface area (Å²) in [4.78, 5) is 0. The molecule has 3 heteroatoms. The predicted molar refractivity (Wildman–Crippen MR) is 42.4 cm³/mol. The third-order valence-electron chi connectivity index (χ3n) is 1.08. The van der Waals surface area contributed by atoms with Crippen molar-refractivity contribution >= 4 is 17.3 Å². The number of methoxy groups -OCH3 is 1. The maximum absolute atomic E-state index is 6.84. The van der Waals surface area contributed by atoms with Crippen molar-refractivity contribution < 1.29 is 8.85 Å². The number of benzene rings is 1. The van der Waals surface area contributed by atoms with Crippen LogP contribution in [0.2, 0.25) is 5.02 Å². The third-order valence-corrected chi connectivity index (χ3v) is 1.32. The topological polar surface area (TPSA) is 35.2 Å². The van der Waals surface area contributed by atoms with Crippen LogP contribution in [-0.4, -0.2) is 7.04 Å².